The lowest BCUT2D eigenvalue weighted by atomic mass is 10.1. The van der Waals surface area contributed by atoms with E-state index in [1.54, 1.807) is 12.3 Å². The third-order valence-corrected chi connectivity index (χ3v) is 4.99. The Morgan fingerprint density at radius 1 is 1.38 bits per heavy atom. The van der Waals surface area contributed by atoms with Crippen molar-refractivity contribution in [3.63, 3.8) is 0 Å². The highest BCUT2D eigenvalue weighted by Gasteiger charge is 2.25. The van der Waals surface area contributed by atoms with Crippen LogP contribution in [-0.4, -0.2) is 33.6 Å². The van der Waals surface area contributed by atoms with E-state index in [-0.39, 0.29) is 0 Å². The Bertz CT molecular complexity index is 839. The maximum Gasteiger partial charge on any atom is 0.216 e. The molecule has 3 heterocycles. The zero-order valence-electron chi connectivity index (χ0n) is 12.6. The molecule has 2 aliphatic rings. The Morgan fingerprint density at radius 3 is 3.00 bits per heavy atom. The summed E-state index contributed by atoms with van der Waals surface area (Å²) in [6, 6.07) is 7.77. The number of thioether (sulfide) groups is 1. The van der Waals surface area contributed by atoms with Gasteiger partial charge in [-0.15, -0.1) is 11.8 Å². The average molecular weight is 360 g/mol. The van der Waals surface area contributed by atoms with Gasteiger partial charge >= 0.3 is 0 Å². The third-order valence-electron chi connectivity index (χ3n) is 3.98. The lowest BCUT2D eigenvalue weighted by Crippen LogP contribution is -2.44. The molecule has 0 spiro atoms. The van der Waals surface area contributed by atoms with Gasteiger partial charge in [-0.3, -0.25) is 4.68 Å². The van der Waals surface area contributed by atoms with E-state index in [2.05, 4.69) is 16.6 Å². The summed E-state index contributed by atoms with van der Waals surface area (Å²) in [5.41, 5.74) is 1.82. The molecule has 0 atom stereocenters. The van der Waals surface area contributed by atoms with Crippen LogP contribution in [0.15, 0.2) is 41.8 Å². The quantitative estimate of drug-likeness (QED) is 0.846. The van der Waals surface area contributed by atoms with Crippen LogP contribution in [-0.2, 0) is 0 Å². The fraction of sp³-hybridized carbons (Fsp3) is 0.250. The number of hydrogen-bond donors (Lipinski definition) is 1. The molecule has 24 heavy (non-hydrogen) atoms. The van der Waals surface area contributed by atoms with E-state index in [1.807, 2.05) is 28.3 Å². The van der Waals surface area contributed by atoms with Gasteiger partial charge in [0.2, 0.25) is 5.88 Å². The second-order valence-electron chi connectivity index (χ2n) is 5.50. The molecule has 1 fully saturated rings. The van der Waals surface area contributed by atoms with Crippen molar-refractivity contribution in [2.45, 2.75) is 6.04 Å². The maximum absolute atomic E-state index is 9.17. The number of rotatable bonds is 4. The molecule has 1 aromatic heterocycles. The van der Waals surface area contributed by atoms with Crippen molar-refractivity contribution in [2.75, 3.05) is 19.0 Å². The van der Waals surface area contributed by atoms with E-state index in [0.29, 0.717) is 28.6 Å². The summed E-state index contributed by atoms with van der Waals surface area (Å²) in [4.78, 5) is 1.51. The minimum atomic E-state index is 0.332. The van der Waals surface area contributed by atoms with Crippen molar-refractivity contribution in [3.05, 3.63) is 46.8 Å². The molecule has 0 bridgehead atoms. The number of halogens is 1. The summed E-state index contributed by atoms with van der Waals surface area (Å²) in [7, 11) is 0. The highest BCUT2D eigenvalue weighted by atomic mass is 35.5. The Balaban J connectivity index is 1.72. The van der Waals surface area contributed by atoms with Crippen molar-refractivity contribution in [2.24, 2.45) is 0 Å². The summed E-state index contributed by atoms with van der Waals surface area (Å²) in [5.74, 6) is 1.75. The number of aromatic nitrogens is 2. The fourth-order valence-electron chi connectivity index (χ4n) is 2.64. The first kappa shape index (κ1) is 15.4. The first-order valence-corrected chi connectivity index (χ1v) is 8.90. The molecule has 1 saturated heterocycles. The molecule has 4 rings (SSSR count). The number of hydrogen-bond acceptors (Lipinski definition) is 6. The normalized spacial score (nSPS) is 17.3. The average Bonchev–Trinajstić information content (AvgIpc) is 3.16. The molecule has 6 nitrogen and oxygen atoms in total. The molecular formula is C16H14ClN5OS. The van der Waals surface area contributed by atoms with Gasteiger partial charge in [0.15, 0.2) is 6.19 Å². The number of nitriles is 1. The molecule has 1 aromatic carbocycles. The predicted molar refractivity (Wildman–Crippen MR) is 93.2 cm³/mol. The van der Waals surface area contributed by atoms with Crippen molar-refractivity contribution in [1.29, 1.82) is 5.26 Å². The Morgan fingerprint density at radius 2 is 2.25 bits per heavy atom. The van der Waals surface area contributed by atoms with Gasteiger partial charge in [-0.1, -0.05) is 11.6 Å². The Labute approximate surface area is 148 Å². The molecule has 0 saturated carbocycles. The minimum absolute atomic E-state index is 0.332. The highest BCUT2D eigenvalue weighted by molar-refractivity contribution is 8.02. The molecule has 0 amide bonds. The summed E-state index contributed by atoms with van der Waals surface area (Å²) >= 11 is 7.73. The SMILES string of the molecule is N#CN1CSC=C1Oc1ccc(Cl)cc1-c1ccnn1C1CNC1. The van der Waals surface area contributed by atoms with E-state index in [0.717, 1.165) is 24.3 Å². The largest absolute Gasteiger partial charge is 0.439 e. The van der Waals surface area contributed by atoms with Crippen LogP contribution in [0.4, 0.5) is 0 Å². The molecule has 8 heteroatoms. The molecule has 0 unspecified atom stereocenters. The van der Waals surface area contributed by atoms with Gasteiger partial charge in [0.25, 0.3) is 0 Å². The predicted octanol–water partition coefficient (Wildman–Crippen LogP) is 3.01. The van der Waals surface area contributed by atoms with E-state index >= 15 is 0 Å². The number of ether oxygens (including phenoxy) is 1. The van der Waals surface area contributed by atoms with Gasteiger partial charge in [-0.25, -0.2) is 4.90 Å². The Kier molecular flexibility index (Phi) is 4.10. The second-order valence-corrected chi connectivity index (χ2v) is 6.76. The topological polar surface area (TPSA) is 66.1 Å². The molecule has 0 radical (unpaired) electrons. The van der Waals surface area contributed by atoms with Gasteiger partial charge in [0.1, 0.15) is 5.75 Å². The number of nitrogens with zero attached hydrogens (tertiary/aromatic N) is 4. The summed E-state index contributed by atoms with van der Waals surface area (Å²) in [6.45, 7) is 1.80. The molecule has 1 N–H and O–H groups in total. The smallest absolute Gasteiger partial charge is 0.216 e. The van der Waals surface area contributed by atoms with Gasteiger partial charge in [0.05, 0.1) is 17.6 Å². The van der Waals surface area contributed by atoms with E-state index in [4.69, 9.17) is 21.6 Å². The van der Waals surface area contributed by atoms with Crippen molar-refractivity contribution in [1.82, 2.24) is 20.0 Å². The standard InChI is InChI=1S/C16H14ClN5OS/c17-11-1-2-15(23-16-8-24-10-21(16)9-18)13(5-11)14-3-4-20-22(14)12-6-19-7-12/h1-5,8,12,19H,6-7,10H2. The van der Waals surface area contributed by atoms with Crippen LogP contribution in [0, 0.1) is 11.5 Å². The van der Waals surface area contributed by atoms with Crippen LogP contribution >= 0.6 is 23.4 Å². The fourth-order valence-corrected chi connectivity index (χ4v) is 3.54. The van der Waals surface area contributed by atoms with Gasteiger partial charge in [-0.05, 0) is 24.3 Å². The van der Waals surface area contributed by atoms with Gasteiger partial charge in [-0.2, -0.15) is 10.4 Å². The highest BCUT2D eigenvalue weighted by Crippen LogP contribution is 2.36. The van der Waals surface area contributed by atoms with Crippen LogP contribution in [0.5, 0.6) is 5.75 Å². The summed E-state index contributed by atoms with van der Waals surface area (Å²) in [6.07, 6.45) is 3.90. The van der Waals surface area contributed by atoms with Crippen LogP contribution in [0.1, 0.15) is 6.04 Å². The molecule has 2 aromatic rings. The van der Waals surface area contributed by atoms with Crippen LogP contribution in [0.3, 0.4) is 0 Å². The first-order valence-electron chi connectivity index (χ1n) is 7.47. The molecule has 122 valence electrons. The Hall–Kier alpha value is -2.14. The number of nitrogens with one attached hydrogen (secondary N) is 1. The van der Waals surface area contributed by atoms with Crippen LogP contribution in [0.25, 0.3) is 11.3 Å². The van der Waals surface area contributed by atoms with Crippen LogP contribution < -0.4 is 10.1 Å². The summed E-state index contributed by atoms with van der Waals surface area (Å²) < 4.78 is 8.00. The first-order chi connectivity index (χ1) is 11.8. The van der Waals surface area contributed by atoms with Crippen LogP contribution in [0.2, 0.25) is 5.02 Å². The summed E-state index contributed by atoms with van der Waals surface area (Å²) in [5, 5.41) is 19.3. The maximum atomic E-state index is 9.17. The molecule has 0 aliphatic carbocycles. The van der Waals surface area contributed by atoms with Gasteiger partial charge < -0.3 is 10.1 Å². The molecular weight excluding hydrogens is 346 g/mol. The van der Waals surface area contributed by atoms with Crippen molar-refractivity contribution < 1.29 is 4.74 Å². The molecule has 2 aliphatic heterocycles. The number of benzene rings is 1. The van der Waals surface area contributed by atoms with E-state index < -0.39 is 0 Å². The lowest BCUT2D eigenvalue weighted by Gasteiger charge is -2.29. The minimum Gasteiger partial charge on any atom is -0.439 e. The zero-order chi connectivity index (χ0) is 16.5. The monoisotopic (exact) mass is 359 g/mol. The van der Waals surface area contributed by atoms with E-state index in [9.17, 15) is 0 Å². The third kappa shape index (κ3) is 2.73. The zero-order valence-corrected chi connectivity index (χ0v) is 14.2. The van der Waals surface area contributed by atoms with E-state index in [1.165, 1.54) is 16.7 Å². The van der Waals surface area contributed by atoms with Crippen molar-refractivity contribution in [3.8, 4) is 23.2 Å². The van der Waals surface area contributed by atoms with Crippen molar-refractivity contribution >= 4 is 23.4 Å². The van der Waals surface area contributed by atoms with Gasteiger partial charge in [0, 0.05) is 35.3 Å². The lowest BCUT2D eigenvalue weighted by molar-refractivity contribution is 0.307. The second kappa shape index (κ2) is 6.40.